The molecule has 1 saturated heterocycles. The zero-order valence-electron chi connectivity index (χ0n) is 9.90. The molecule has 0 aliphatic carbocycles. The zero-order chi connectivity index (χ0) is 12.5. The van der Waals surface area contributed by atoms with E-state index in [0.29, 0.717) is 12.5 Å². The van der Waals surface area contributed by atoms with Crippen molar-refractivity contribution in [2.24, 2.45) is 5.41 Å². The van der Waals surface area contributed by atoms with Crippen molar-refractivity contribution in [2.75, 3.05) is 25.0 Å². The molecule has 1 aliphatic rings. The SMILES string of the molecule is CNC(=O)C1(C)CCN(c2ncc(I)cn2)C1. The van der Waals surface area contributed by atoms with Crippen LogP contribution in [0.1, 0.15) is 13.3 Å². The van der Waals surface area contributed by atoms with E-state index in [4.69, 9.17) is 0 Å². The van der Waals surface area contributed by atoms with Crippen molar-refractivity contribution < 1.29 is 4.79 Å². The van der Waals surface area contributed by atoms with Crippen LogP contribution in [0.3, 0.4) is 0 Å². The Balaban J connectivity index is 2.12. The van der Waals surface area contributed by atoms with Crippen LogP contribution in [0.5, 0.6) is 0 Å². The van der Waals surface area contributed by atoms with Crippen molar-refractivity contribution in [1.29, 1.82) is 0 Å². The second-order valence-electron chi connectivity index (χ2n) is 4.51. The largest absolute Gasteiger partial charge is 0.359 e. The Kier molecular flexibility index (Phi) is 3.50. The third-order valence-electron chi connectivity index (χ3n) is 3.14. The second-order valence-corrected chi connectivity index (χ2v) is 5.76. The number of amides is 1. The van der Waals surface area contributed by atoms with Gasteiger partial charge in [-0.3, -0.25) is 4.79 Å². The van der Waals surface area contributed by atoms with Crippen molar-refractivity contribution in [3.63, 3.8) is 0 Å². The Morgan fingerprint density at radius 1 is 1.53 bits per heavy atom. The van der Waals surface area contributed by atoms with Crippen LogP contribution in [0.25, 0.3) is 0 Å². The van der Waals surface area contributed by atoms with Crippen LogP contribution in [0, 0.1) is 8.99 Å². The molecule has 1 amide bonds. The van der Waals surface area contributed by atoms with E-state index in [9.17, 15) is 4.79 Å². The number of nitrogens with one attached hydrogen (secondary N) is 1. The number of anilines is 1. The van der Waals surface area contributed by atoms with Gasteiger partial charge in [-0.05, 0) is 35.9 Å². The smallest absolute Gasteiger partial charge is 0.227 e. The Bertz CT molecular complexity index is 422. The highest BCUT2D eigenvalue weighted by Crippen LogP contribution is 2.31. The fraction of sp³-hybridized carbons (Fsp3) is 0.545. The Morgan fingerprint density at radius 2 is 2.18 bits per heavy atom. The number of hydrogen-bond donors (Lipinski definition) is 1. The lowest BCUT2D eigenvalue weighted by Crippen LogP contribution is -2.39. The summed E-state index contributed by atoms with van der Waals surface area (Å²) >= 11 is 2.18. The molecule has 1 aromatic heterocycles. The van der Waals surface area contributed by atoms with E-state index in [1.165, 1.54) is 0 Å². The molecule has 0 aromatic carbocycles. The van der Waals surface area contributed by atoms with Gasteiger partial charge in [0.15, 0.2) is 0 Å². The van der Waals surface area contributed by atoms with Gasteiger partial charge in [0.2, 0.25) is 11.9 Å². The van der Waals surface area contributed by atoms with E-state index in [0.717, 1.165) is 16.5 Å². The van der Waals surface area contributed by atoms with E-state index >= 15 is 0 Å². The lowest BCUT2D eigenvalue weighted by molar-refractivity contribution is -0.128. The van der Waals surface area contributed by atoms with Gasteiger partial charge < -0.3 is 10.2 Å². The summed E-state index contributed by atoms with van der Waals surface area (Å²) < 4.78 is 1.01. The van der Waals surface area contributed by atoms with E-state index in [-0.39, 0.29) is 11.3 Å². The lowest BCUT2D eigenvalue weighted by Gasteiger charge is -2.22. The van der Waals surface area contributed by atoms with Gasteiger partial charge in [0.1, 0.15) is 0 Å². The van der Waals surface area contributed by atoms with Gasteiger partial charge in [0, 0.05) is 36.1 Å². The minimum absolute atomic E-state index is 0.0884. The van der Waals surface area contributed by atoms with Crippen molar-refractivity contribution in [2.45, 2.75) is 13.3 Å². The standard InChI is InChI=1S/C11H15IN4O/c1-11(9(17)13-2)3-4-16(7-11)10-14-5-8(12)6-15-10/h5-6H,3-4,7H2,1-2H3,(H,13,17). The van der Waals surface area contributed by atoms with Gasteiger partial charge in [-0.2, -0.15) is 0 Å². The molecule has 1 fully saturated rings. The number of carbonyl (C=O) groups excluding carboxylic acids is 1. The molecule has 17 heavy (non-hydrogen) atoms. The van der Waals surface area contributed by atoms with Gasteiger partial charge in [-0.15, -0.1) is 0 Å². The molecule has 1 N–H and O–H groups in total. The normalized spacial score (nSPS) is 23.8. The maximum absolute atomic E-state index is 11.8. The van der Waals surface area contributed by atoms with Crippen LogP contribution in [-0.4, -0.2) is 36.0 Å². The molecule has 92 valence electrons. The number of nitrogens with zero attached hydrogens (tertiary/aromatic N) is 3. The minimum Gasteiger partial charge on any atom is -0.359 e. The lowest BCUT2D eigenvalue weighted by atomic mass is 9.89. The summed E-state index contributed by atoms with van der Waals surface area (Å²) in [5.41, 5.74) is -0.332. The molecule has 0 saturated carbocycles. The average molecular weight is 346 g/mol. The van der Waals surface area contributed by atoms with Gasteiger partial charge >= 0.3 is 0 Å². The van der Waals surface area contributed by atoms with Crippen molar-refractivity contribution in [3.05, 3.63) is 16.0 Å². The summed E-state index contributed by atoms with van der Waals surface area (Å²) in [6.07, 6.45) is 4.42. The molecule has 0 spiro atoms. The molecule has 0 bridgehead atoms. The molecule has 2 heterocycles. The van der Waals surface area contributed by atoms with E-state index in [2.05, 4.69) is 42.8 Å². The highest BCUT2D eigenvalue weighted by molar-refractivity contribution is 14.1. The third-order valence-corrected chi connectivity index (χ3v) is 3.70. The van der Waals surface area contributed by atoms with Crippen LogP contribution >= 0.6 is 22.6 Å². The highest BCUT2D eigenvalue weighted by Gasteiger charge is 2.40. The van der Waals surface area contributed by atoms with Crippen LogP contribution < -0.4 is 10.2 Å². The molecule has 2 rings (SSSR count). The summed E-state index contributed by atoms with van der Waals surface area (Å²) in [6.45, 7) is 3.48. The van der Waals surface area contributed by atoms with Crippen molar-refractivity contribution in [3.8, 4) is 0 Å². The molecule has 0 radical (unpaired) electrons. The maximum Gasteiger partial charge on any atom is 0.227 e. The Labute approximate surface area is 114 Å². The maximum atomic E-state index is 11.8. The number of halogens is 1. The molecule has 1 aliphatic heterocycles. The molecule has 5 nitrogen and oxygen atoms in total. The fourth-order valence-corrected chi connectivity index (χ4v) is 2.37. The van der Waals surface area contributed by atoms with Gasteiger partial charge in [0.05, 0.1) is 5.41 Å². The van der Waals surface area contributed by atoms with Crippen molar-refractivity contribution >= 4 is 34.4 Å². The van der Waals surface area contributed by atoms with Crippen molar-refractivity contribution in [1.82, 2.24) is 15.3 Å². The molecular formula is C11H15IN4O. The molecule has 1 atom stereocenters. The molecule has 6 heteroatoms. The fourth-order valence-electron chi connectivity index (χ4n) is 2.09. The van der Waals surface area contributed by atoms with Crippen LogP contribution in [0.4, 0.5) is 5.95 Å². The average Bonchev–Trinajstić information content (AvgIpc) is 2.73. The summed E-state index contributed by atoms with van der Waals surface area (Å²) in [4.78, 5) is 22.4. The predicted molar refractivity (Wildman–Crippen MR) is 73.8 cm³/mol. The van der Waals surface area contributed by atoms with Crippen LogP contribution in [-0.2, 0) is 4.79 Å². The Morgan fingerprint density at radius 3 is 2.76 bits per heavy atom. The number of hydrogen-bond acceptors (Lipinski definition) is 4. The topological polar surface area (TPSA) is 58.1 Å². The van der Waals surface area contributed by atoms with E-state index in [1.54, 1.807) is 19.4 Å². The zero-order valence-corrected chi connectivity index (χ0v) is 12.1. The van der Waals surface area contributed by atoms with Gasteiger partial charge in [-0.1, -0.05) is 0 Å². The second kappa shape index (κ2) is 4.75. The number of rotatable bonds is 2. The third kappa shape index (κ3) is 2.51. The summed E-state index contributed by atoms with van der Waals surface area (Å²) in [6, 6.07) is 0. The first kappa shape index (κ1) is 12.5. The molecule has 1 unspecified atom stereocenters. The predicted octanol–water partition coefficient (Wildman–Crippen LogP) is 1.04. The highest BCUT2D eigenvalue weighted by atomic mass is 127. The number of aromatic nitrogens is 2. The quantitative estimate of drug-likeness (QED) is 0.814. The minimum atomic E-state index is -0.332. The van der Waals surface area contributed by atoms with Gasteiger partial charge in [-0.25, -0.2) is 9.97 Å². The molecule has 1 aromatic rings. The van der Waals surface area contributed by atoms with Gasteiger partial charge in [0.25, 0.3) is 0 Å². The summed E-state index contributed by atoms with van der Waals surface area (Å²) in [5.74, 6) is 0.795. The first-order chi connectivity index (χ1) is 8.05. The molecular weight excluding hydrogens is 331 g/mol. The van der Waals surface area contributed by atoms with E-state index in [1.807, 2.05) is 6.92 Å². The number of carbonyl (C=O) groups is 1. The first-order valence-electron chi connectivity index (χ1n) is 5.50. The summed E-state index contributed by atoms with van der Waals surface area (Å²) in [5, 5.41) is 2.72. The first-order valence-corrected chi connectivity index (χ1v) is 6.58. The Hall–Kier alpha value is -0.920. The monoisotopic (exact) mass is 346 g/mol. The van der Waals surface area contributed by atoms with Crippen LogP contribution in [0.2, 0.25) is 0 Å². The van der Waals surface area contributed by atoms with E-state index < -0.39 is 0 Å². The summed E-state index contributed by atoms with van der Waals surface area (Å²) in [7, 11) is 1.68. The van der Waals surface area contributed by atoms with Crippen LogP contribution in [0.15, 0.2) is 12.4 Å².